The number of carbonyl (C=O) groups excluding carboxylic acids is 1. The van der Waals surface area contributed by atoms with E-state index in [2.05, 4.69) is 15.3 Å². The van der Waals surface area contributed by atoms with Gasteiger partial charge < -0.3 is 20.9 Å². The van der Waals surface area contributed by atoms with Gasteiger partial charge in [-0.3, -0.25) is 4.79 Å². The molecule has 0 unspecified atom stereocenters. The van der Waals surface area contributed by atoms with E-state index in [4.69, 9.17) is 5.73 Å². The van der Waals surface area contributed by atoms with Gasteiger partial charge in [-0.15, -0.1) is 0 Å². The minimum absolute atomic E-state index is 0.0119. The number of anilines is 1. The van der Waals surface area contributed by atoms with Crippen molar-refractivity contribution in [2.75, 3.05) is 32.0 Å². The number of fused-ring (bicyclic) bond motifs is 1. The molecule has 0 bridgehead atoms. The summed E-state index contributed by atoms with van der Waals surface area (Å²) >= 11 is 0. The van der Waals surface area contributed by atoms with Gasteiger partial charge in [0, 0.05) is 54.6 Å². The molecular weight excluding hydrogens is 321 g/mol. The van der Waals surface area contributed by atoms with Gasteiger partial charge in [0.15, 0.2) is 0 Å². The van der Waals surface area contributed by atoms with Crippen LogP contribution >= 0.6 is 0 Å². The van der Waals surface area contributed by atoms with Crippen LogP contribution < -0.4 is 11.1 Å². The van der Waals surface area contributed by atoms with Gasteiger partial charge in [-0.2, -0.15) is 0 Å². The number of carbonyl (C=O) groups is 1. The summed E-state index contributed by atoms with van der Waals surface area (Å²) in [6, 6.07) is 8.51. The number of H-pyrrole nitrogens is 1. The lowest BCUT2D eigenvalue weighted by Crippen LogP contribution is -2.35. The molecule has 1 aromatic carbocycles. The zero-order valence-electron chi connectivity index (χ0n) is 13.9. The highest BCUT2D eigenvalue weighted by molar-refractivity contribution is 5.95. The lowest BCUT2D eigenvalue weighted by molar-refractivity contribution is -0.128. The Labute approximate surface area is 144 Å². The minimum Gasteiger partial charge on any atom is -0.368 e. The fourth-order valence-electron chi connectivity index (χ4n) is 2.63. The first-order valence-electron chi connectivity index (χ1n) is 7.99. The number of rotatable bonds is 6. The number of halogens is 1. The second kappa shape index (κ2) is 7.31. The first kappa shape index (κ1) is 16.9. The molecule has 130 valence electrons. The maximum absolute atomic E-state index is 13.3. The van der Waals surface area contributed by atoms with Crippen LogP contribution in [0.3, 0.4) is 0 Å². The van der Waals surface area contributed by atoms with Crippen LogP contribution in [0.25, 0.3) is 22.0 Å². The molecular formula is C18H20FN5O. The molecule has 0 aliphatic rings. The lowest BCUT2D eigenvalue weighted by Gasteiger charge is -2.16. The van der Waals surface area contributed by atoms with Gasteiger partial charge in [0.05, 0.1) is 6.54 Å². The fourth-order valence-corrected chi connectivity index (χ4v) is 2.63. The van der Waals surface area contributed by atoms with E-state index in [-0.39, 0.29) is 18.3 Å². The zero-order chi connectivity index (χ0) is 17.8. The van der Waals surface area contributed by atoms with E-state index in [0.717, 1.165) is 27.8 Å². The number of pyridine rings is 1. The average Bonchev–Trinajstić information content (AvgIpc) is 3.04. The fraction of sp³-hybridized carbons (Fsp3) is 0.222. The second-order valence-corrected chi connectivity index (χ2v) is 5.77. The van der Waals surface area contributed by atoms with Crippen LogP contribution in [-0.4, -0.2) is 47.5 Å². The predicted molar refractivity (Wildman–Crippen MR) is 96.7 cm³/mol. The molecule has 0 aliphatic heterocycles. The molecule has 6 nitrogen and oxygen atoms in total. The number of amides is 1. The lowest BCUT2D eigenvalue weighted by atomic mass is 10.1. The topological polar surface area (TPSA) is 87.0 Å². The summed E-state index contributed by atoms with van der Waals surface area (Å²) in [6.07, 6.45) is 3.62. The molecule has 4 N–H and O–H groups in total. The van der Waals surface area contributed by atoms with Gasteiger partial charge in [0.1, 0.15) is 11.6 Å². The second-order valence-electron chi connectivity index (χ2n) is 5.77. The third-order valence-corrected chi connectivity index (χ3v) is 4.07. The molecule has 0 radical (unpaired) electrons. The van der Waals surface area contributed by atoms with Crippen LogP contribution in [0.1, 0.15) is 0 Å². The molecule has 0 spiro atoms. The Morgan fingerprint density at radius 3 is 2.92 bits per heavy atom. The van der Waals surface area contributed by atoms with Crippen LogP contribution in [0, 0.1) is 5.82 Å². The summed E-state index contributed by atoms with van der Waals surface area (Å²) in [5.41, 5.74) is 7.99. The number of nitrogens with zero attached hydrogens (tertiary/aromatic N) is 2. The molecule has 0 fully saturated rings. The van der Waals surface area contributed by atoms with Gasteiger partial charge in [0.25, 0.3) is 0 Å². The normalized spacial score (nSPS) is 10.8. The quantitative estimate of drug-likeness (QED) is 0.641. The van der Waals surface area contributed by atoms with Gasteiger partial charge in [-0.1, -0.05) is 0 Å². The van der Waals surface area contributed by atoms with Crippen LogP contribution in [-0.2, 0) is 4.79 Å². The van der Waals surface area contributed by atoms with Crippen molar-refractivity contribution in [1.82, 2.24) is 14.9 Å². The van der Waals surface area contributed by atoms with Crippen molar-refractivity contribution in [2.45, 2.75) is 0 Å². The van der Waals surface area contributed by atoms with E-state index in [0.29, 0.717) is 13.1 Å². The summed E-state index contributed by atoms with van der Waals surface area (Å²) in [7, 11) is 1.72. The summed E-state index contributed by atoms with van der Waals surface area (Å²) in [5.74, 6) is 0.362. The Morgan fingerprint density at radius 2 is 2.20 bits per heavy atom. The van der Waals surface area contributed by atoms with Gasteiger partial charge >= 0.3 is 0 Å². The zero-order valence-corrected chi connectivity index (χ0v) is 13.9. The van der Waals surface area contributed by atoms with Gasteiger partial charge in [-0.05, 0) is 30.3 Å². The van der Waals surface area contributed by atoms with Crippen molar-refractivity contribution in [3.8, 4) is 11.1 Å². The number of nitrogens with one attached hydrogen (secondary N) is 2. The maximum Gasteiger partial charge on any atom is 0.236 e. The number of aromatic nitrogens is 2. The first-order valence-corrected chi connectivity index (χ1v) is 7.99. The van der Waals surface area contributed by atoms with E-state index in [9.17, 15) is 9.18 Å². The van der Waals surface area contributed by atoms with Crippen LogP contribution in [0.2, 0.25) is 0 Å². The van der Waals surface area contributed by atoms with Crippen LogP contribution in [0.4, 0.5) is 10.2 Å². The molecule has 3 rings (SSSR count). The monoisotopic (exact) mass is 341 g/mol. The van der Waals surface area contributed by atoms with E-state index in [1.165, 1.54) is 12.1 Å². The van der Waals surface area contributed by atoms with Gasteiger partial charge in [0.2, 0.25) is 5.91 Å². The Hall–Kier alpha value is -2.93. The third kappa shape index (κ3) is 3.77. The van der Waals surface area contributed by atoms with E-state index in [1.807, 2.05) is 18.3 Å². The summed E-state index contributed by atoms with van der Waals surface area (Å²) in [5, 5.41) is 4.12. The molecule has 0 saturated carbocycles. The highest BCUT2D eigenvalue weighted by Gasteiger charge is 2.08. The number of benzene rings is 1. The van der Waals surface area contributed by atoms with Crippen molar-refractivity contribution >= 4 is 22.6 Å². The summed E-state index contributed by atoms with van der Waals surface area (Å²) < 4.78 is 13.3. The maximum atomic E-state index is 13.3. The van der Waals surface area contributed by atoms with Crippen molar-refractivity contribution < 1.29 is 9.18 Å². The van der Waals surface area contributed by atoms with E-state index < -0.39 is 0 Å². The van der Waals surface area contributed by atoms with Crippen LogP contribution in [0.15, 0.2) is 42.7 Å². The molecule has 2 heterocycles. The number of nitrogens with two attached hydrogens (primary N) is 1. The first-order chi connectivity index (χ1) is 12.1. The molecule has 0 aliphatic carbocycles. The molecule has 7 heteroatoms. The molecule has 3 aromatic rings. The highest BCUT2D eigenvalue weighted by Crippen LogP contribution is 2.28. The average molecular weight is 341 g/mol. The molecule has 0 saturated heterocycles. The van der Waals surface area contributed by atoms with Crippen molar-refractivity contribution in [2.24, 2.45) is 5.73 Å². The Morgan fingerprint density at radius 1 is 1.36 bits per heavy atom. The Kier molecular flexibility index (Phi) is 4.95. The summed E-state index contributed by atoms with van der Waals surface area (Å²) in [6.45, 7) is 1.15. The number of likely N-dealkylation sites (N-methyl/N-ethyl adjacent to an activating group) is 1. The molecule has 2 aromatic heterocycles. The Balaban J connectivity index is 1.66. The molecule has 25 heavy (non-hydrogen) atoms. The molecule has 1 amide bonds. The minimum atomic E-state index is -0.267. The largest absolute Gasteiger partial charge is 0.368 e. The van der Waals surface area contributed by atoms with E-state index in [1.54, 1.807) is 24.2 Å². The van der Waals surface area contributed by atoms with Crippen molar-refractivity contribution in [3.05, 3.63) is 48.5 Å². The standard InChI is InChI=1S/C18H20FN5O/c1-24(18(25)9-20)7-6-21-17-5-2-12(10-23-17)15-11-22-16-8-13(19)3-4-14(15)16/h2-5,8,10-11,22H,6-7,9,20H2,1H3,(H,21,23). The van der Waals surface area contributed by atoms with Crippen LogP contribution in [0.5, 0.6) is 0 Å². The predicted octanol–water partition coefficient (Wildman–Crippen LogP) is 2.20. The Bertz CT molecular complexity index is 875. The SMILES string of the molecule is CN(CCNc1ccc(-c2c[nH]c3cc(F)ccc23)cn1)C(=O)CN. The summed E-state index contributed by atoms with van der Waals surface area (Å²) in [4.78, 5) is 20.4. The highest BCUT2D eigenvalue weighted by atomic mass is 19.1. The number of aromatic amines is 1. The number of hydrogen-bond acceptors (Lipinski definition) is 4. The smallest absolute Gasteiger partial charge is 0.236 e. The third-order valence-electron chi connectivity index (χ3n) is 4.07. The van der Waals surface area contributed by atoms with Crippen molar-refractivity contribution in [3.63, 3.8) is 0 Å². The van der Waals surface area contributed by atoms with E-state index >= 15 is 0 Å². The number of hydrogen-bond donors (Lipinski definition) is 3. The molecule has 0 atom stereocenters. The van der Waals surface area contributed by atoms with Crippen molar-refractivity contribution in [1.29, 1.82) is 0 Å². The van der Waals surface area contributed by atoms with Gasteiger partial charge in [-0.25, -0.2) is 9.37 Å².